The fraction of sp³-hybridized carbons (Fsp3) is 0.769. The van der Waals surface area contributed by atoms with Crippen molar-refractivity contribution in [2.75, 3.05) is 26.8 Å². The molecule has 1 N–H and O–H groups in total. The van der Waals surface area contributed by atoms with Crippen molar-refractivity contribution in [3.8, 4) is 0 Å². The molecular weight excluding hydrogens is 232 g/mol. The first kappa shape index (κ1) is 14.6. The molecule has 4 heteroatoms. The Kier molecular flexibility index (Phi) is 6.70. The topological polar surface area (TPSA) is 34.1 Å². The Balaban J connectivity index is 2.38. The first-order valence-corrected chi connectivity index (χ1v) is 7.06. The van der Waals surface area contributed by atoms with Crippen molar-refractivity contribution in [3.05, 3.63) is 16.1 Å². The molecular formula is C13H24N2OS. The summed E-state index contributed by atoms with van der Waals surface area (Å²) >= 11 is 1.81. The van der Waals surface area contributed by atoms with E-state index in [1.807, 2.05) is 17.5 Å². The van der Waals surface area contributed by atoms with Gasteiger partial charge in [-0.25, -0.2) is 4.98 Å². The lowest BCUT2D eigenvalue weighted by atomic mass is 9.92. The number of aromatic nitrogens is 1. The summed E-state index contributed by atoms with van der Waals surface area (Å²) in [5.74, 6) is 1.36. The predicted molar refractivity (Wildman–Crippen MR) is 73.6 cm³/mol. The number of nitrogens with zero attached hydrogens (tertiary/aromatic N) is 1. The third kappa shape index (κ3) is 5.61. The summed E-state index contributed by atoms with van der Waals surface area (Å²) in [6.45, 7) is 9.41. The van der Waals surface area contributed by atoms with Crippen LogP contribution in [0, 0.1) is 18.8 Å². The zero-order chi connectivity index (χ0) is 12.7. The monoisotopic (exact) mass is 256 g/mol. The fourth-order valence-corrected chi connectivity index (χ4v) is 2.65. The normalized spacial score (nSPS) is 13.2. The minimum atomic E-state index is 0.673. The minimum Gasteiger partial charge on any atom is -0.383 e. The van der Waals surface area contributed by atoms with Gasteiger partial charge in [-0.2, -0.15) is 0 Å². The first-order valence-electron chi connectivity index (χ1n) is 6.24. The van der Waals surface area contributed by atoms with E-state index in [0.717, 1.165) is 31.1 Å². The van der Waals surface area contributed by atoms with Crippen molar-refractivity contribution in [3.63, 3.8) is 0 Å². The Labute approximate surface area is 109 Å². The molecule has 1 rings (SSSR count). The summed E-state index contributed by atoms with van der Waals surface area (Å²) in [7, 11) is 1.74. The predicted octanol–water partition coefficient (Wildman–Crippen LogP) is 2.50. The molecule has 1 heterocycles. The maximum atomic E-state index is 5.04. The van der Waals surface area contributed by atoms with E-state index >= 15 is 0 Å². The molecule has 3 nitrogen and oxygen atoms in total. The summed E-state index contributed by atoms with van der Waals surface area (Å²) in [5, 5.41) is 4.62. The third-order valence-electron chi connectivity index (χ3n) is 2.96. The van der Waals surface area contributed by atoms with E-state index in [1.54, 1.807) is 7.11 Å². The summed E-state index contributed by atoms with van der Waals surface area (Å²) in [6, 6.07) is 0. The number of nitrogens with one attached hydrogen (secondary N) is 1. The maximum Gasteiger partial charge on any atom is 0.0896 e. The van der Waals surface area contributed by atoms with Gasteiger partial charge in [0, 0.05) is 24.7 Å². The average Bonchev–Trinajstić information content (AvgIpc) is 2.68. The number of hydrogen-bond donors (Lipinski definition) is 1. The minimum absolute atomic E-state index is 0.673. The van der Waals surface area contributed by atoms with Crippen molar-refractivity contribution in [1.82, 2.24) is 10.3 Å². The molecule has 0 aliphatic rings. The SMILES string of the molecule is COCCNCC(Cc1cnc(C)s1)C(C)C. The smallest absolute Gasteiger partial charge is 0.0896 e. The van der Waals surface area contributed by atoms with Crippen LogP contribution in [0.25, 0.3) is 0 Å². The van der Waals surface area contributed by atoms with Gasteiger partial charge in [0.25, 0.3) is 0 Å². The molecule has 0 aliphatic heterocycles. The van der Waals surface area contributed by atoms with Crippen molar-refractivity contribution in [2.45, 2.75) is 27.2 Å². The summed E-state index contributed by atoms with van der Waals surface area (Å²) in [6.07, 6.45) is 3.15. The number of ether oxygens (including phenoxy) is 1. The van der Waals surface area contributed by atoms with E-state index in [4.69, 9.17) is 4.74 Å². The van der Waals surface area contributed by atoms with Gasteiger partial charge in [-0.15, -0.1) is 11.3 Å². The molecule has 1 atom stereocenters. The maximum absolute atomic E-state index is 5.04. The second kappa shape index (κ2) is 7.80. The van der Waals surface area contributed by atoms with E-state index in [9.17, 15) is 0 Å². The van der Waals surface area contributed by atoms with Crippen LogP contribution in [-0.4, -0.2) is 31.8 Å². The van der Waals surface area contributed by atoms with Crippen LogP contribution in [0.3, 0.4) is 0 Å². The Bertz CT molecular complexity index is 312. The number of methoxy groups -OCH3 is 1. The second-order valence-electron chi connectivity index (χ2n) is 4.75. The zero-order valence-electron chi connectivity index (χ0n) is 11.3. The fourth-order valence-electron chi connectivity index (χ4n) is 1.76. The lowest BCUT2D eigenvalue weighted by molar-refractivity contribution is 0.196. The van der Waals surface area contributed by atoms with Gasteiger partial charge in [0.2, 0.25) is 0 Å². The summed E-state index contributed by atoms with van der Waals surface area (Å²) < 4.78 is 5.04. The molecule has 0 aromatic carbocycles. The van der Waals surface area contributed by atoms with Crippen molar-refractivity contribution in [1.29, 1.82) is 0 Å². The van der Waals surface area contributed by atoms with Crippen LogP contribution in [-0.2, 0) is 11.2 Å². The van der Waals surface area contributed by atoms with E-state index in [0.29, 0.717) is 11.8 Å². The van der Waals surface area contributed by atoms with Crippen LogP contribution < -0.4 is 5.32 Å². The van der Waals surface area contributed by atoms with Gasteiger partial charge in [-0.3, -0.25) is 0 Å². The molecule has 0 saturated carbocycles. The van der Waals surface area contributed by atoms with E-state index in [-0.39, 0.29) is 0 Å². The molecule has 17 heavy (non-hydrogen) atoms. The molecule has 0 fully saturated rings. The highest BCUT2D eigenvalue weighted by atomic mass is 32.1. The largest absolute Gasteiger partial charge is 0.383 e. The lowest BCUT2D eigenvalue weighted by Gasteiger charge is -2.20. The summed E-state index contributed by atoms with van der Waals surface area (Å²) in [4.78, 5) is 5.71. The van der Waals surface area contributed by atoms with Crippen LogP contribution in [0.5, 0.6) is 0 Å². The van der Waals surface area contributed by atoms with Gasteiger partial charge in [-0.05, 0) is 31.7 Å². The molecule has 0 saturated heterocycles. The standard InChI is InChI=1S/C13H24N2OS/c1-10(2)12(8-14-5-6-16-4)7-13-9-15-11(3)17-13/h9-10,12,14H,5-8H2,1-4H3. The lowest BCUT2D eigenvalue weighted by Crippen LogP contribution is -2.29. The van der Waals surface area contributed by atoms with Gasteiger partial charge in [0.1, 0.15) is 0 Å². The van der Waals surface area contributed by atoms with Gasteiger partial charge in [-0.1, -0.05) is 13.8 Å². The van der Waals surface area contributed by atoms with Crippen molar-refractivity contribution >= 4 is 11.3 Å². The van der Waals surface area contributed by atoms with Gasteiger partial charge >= 0.3 is 0 Å². The first-order chi connectivity index (χ1) is 8.13. The van der Waals surface area contributed by atoms with Gasteiger partial charge < -0.3 is 10.1 Å². The average molecular weight is 256 g/mol. The highest BCUT2D eigenvalue weighted by Gasteiger charge is 2.14. The number of rotatable bonds is 8. The van der Waals surface area contributed by atoms with Crippen LogP contribution in [0.15, 0.2) is 6.20 Å². The van der Waals surface area contributed by atoms with Gasteiger partial charge in [0.15, 0.2) is 0 Å². The number of hydrogen-bond acceptors (Lipinski definition) is 4. The van der Waals surface area contributed by atoms with Crippen molar-refractivity contribution in [2.24, 2.45) is 11.8 Å². The molecule has 0 amide bonds. The number of aryl methyl sites for hydroxylation is 1. The highest BCUT2D eigenvalue weighted by molar-refractivity contribution is 7.11. The molecule has 0 bridgehead atoms. The molecule has 0 radical (unpaired) electrons. The van der Waals surface area contributed by atoms with E-state index < -0.39 is 0 Å². The summed E-state index contributed by atoms with van der Waals surface area (Å²) in [5.41, 5.74) is 0. The molecule has 0 aliphatic carbocycles. The van der Waals surface area contributed by atoms with Crippen LogP contribution >= 0.6 is 11.3 Å². The number of thiazole rings is 1. The third-order valence-corrected chi connectivity index (χ3v) is 3.90. The highest BCUT2D eigenvalue weighted by Crippen LogP contribution is 2.20. The Morgan fingerprint density at radius 2 is 2.24 bits per heavy atom. The molecule has 0 spiro atoms. The van der Waals surface area contributed by atoms with Crippen LogP contribution in [0.4, 0.5) is 0 Å². The van der Waals surface area contributed by atoms with Crippen LogP contribution in [0.1, 0.15) is 23.7 Å². The molecule has 1 aromatic heterocycles. The second-order valence-corrected chi connectivity index (χ2v) is 6.07. The Morgan fingerprint density at radius 3 is 2.76 bits per heavy atom. The molecule has 1 aromatic rings. The molecule has 98 valence electrons. The van der Waals surface area contributed by atoms with E-state index in [2.05, 4.69) is 31.1 Å². The van der Waals surface area contributed by atoms with Crippen LogP contribution in [0.2, 0.25) is 0 Å². The quantitative estimate of drug-likeness (QED) is 0.726. The Hall–Kier alpha value is -0.450. The Morgan fingerprint density at radius 1 is 1.47 bits per heavy atom. The zero-order valence-corrected chi connectivity index (χ0v) is 12.1. The van der Waals surface area contributed by atoms with E-state index in [1.165, 1.54) is 4.88 Å². The molecule has 1 unspecified atom stereocenters. The van der Waals surface area contributed by atoms with Crippen molar-refractivity contribution < 1.29 is 4.74 Å². The van der Waals surface area contributed by atoms with Gasteiger partial charge in [0.05, 0.1) is 11.6 Å².